The molecule has 3 heterocycles. The van der Waals surface area contributed by atoms with Crippen LogP contribution >= 0.6 is 46.6 Å². The summed E-state index contributed by atoms with van der Waals surface area (Å²) in [5.74, 6) is -2.94. The quantitative estimate of drug-likeness (QED) is 0.133. The third kappa shape index (κ3) is 3.98. The number of imide groups is 1. The van der Waals surface area contributed by atoms with E-state index in [0.29, 0.717) is 0 Å². The monoisotopic (exact) mass is 537 g/mol. The highest BCUT2D eigenvalue weighted by Crippen LogP contribution is 2.53. The molecule has 1 aromatic rings. The molecule has 15 heteroatoms. The van der Waals surface area contributed by atoms with E-state index in [0.717, 1.165) is 21.6 Å². The van der Waals surface area contributed by atoms with Gasteiger partial charge in [-0.05, 0) is 19.1 Å². The molecule has 0 N–H and O–H groups in total. The minimum atomic E-state index is -1.92. The first-order valence-corrected chi connectivity index (χ1v) is 11.3. The van der Waals surface area contributed by atoms with Crippen molar-refractivity contribution in [2.24, 2.45) is 0 Å². The van der Waals surface area contributed by atoms with Gasteiger partial charge in [0.1, 0.15) is 30.7 Å². The van der Waals surface area contributed by atoms with Gasteiger partial charge in [-0.25, -0.2) is 4.79 Å². The molecule has 1 aromatic carbocycles. The summed E-state index contributed by atoms with van der Waals surface area (Å²) in [5.41, 5.74) is 0.324. The van der Waals surface area contributed by atoms with Crippen molar-refractivity contribution in [1.82, 2.24) is 9.80 Å². The van der Waals surface area contributed by atoms with Crippen LogP contribution in [0.5, 0.6) is 0 Å². The predicted octanol–water partition coefficient (Wildman–Crippen LogP) is 1.82. The topological polar surface area (TPSA) is 136 Å². The normalized spacial score (nSPS) is 28.4. The number of hydrogen-bond acceptors (Lipinski definition) is 9. The Morgan fingerprint density at radius 1 is 1.21 bits per heavy atom. The molecule has 2 fully saturated rings. The van der Waals surface area contributed by atoms with Crippen LogP contribution in [0.1, 0.15) is 27.6 Å². The minimum absolute atomic E-state index is 0.162. The van der Waals surface area contributed by atoms with Gasteiger partial charge < -0.3 is 14.5 Å². The van der Waals surface area contributed by atoms with Gasteiger partial charge in [0.2, 0.25) is 3.79 Å². The molecule has 3 aliphatic rings. The largest absolute Gasteiger partial charge is 0.460 e. The molecule has 0 bridgehead atoms. The zero-order chi connectivity index (χ0) is 24.3. The first kappa shape index (κ1) is 23.9. The zero-order valence-corrected chi connectivity index (χ0v) is 19.7. The summed E-state index contributed by atoms with van der Waals surface area (Å²) in [7, 11) is 0. The lowest BCUT2D eigenvalue weighted by Crippen LogP contribution is -2.71. The number of carbonyl (C=O) groups excluding carboxylic acids is 4. The molecular formula is C18H14Cl3N3O8S. The highest BCUT2D eigenvalue weighted by molar-refractivity contribution is 8.01. The number of carbonyl (C=O) groups is 4. The summed E-state index contributed by atoms with van der Waals surface area (Å²) in [6.07, 6.45) is 0. The van der Waals surface area contributed by atoms with Crippen LogP contribution in [0.2, 0.25) is 0 Å². The lowest BCUT2D eigenvalue weighted by molar-refractivity contribution is -0.758. The van der Waals surface area contributed by atoms with E-state index < -0.39 is 68.0 Å². The van der Waals surface area contributed by atoms with Gasteiger partial charge in [-0.1, -0.05) is 46.9 Å². The van der Waals surface area contributed by atoms with Gasteiger partial charge in [0, 0.05) is 0 Å². The number of alkyl halides is 3. The Morgan fingerprint density at radius 2 is 1.79 bits per heavy atom. The van der Waals surface area contributed by atoms with Crippen molar-refractivity contribution in [3.63, 3.8) is 0 Å². The maximum atomic E-state index is 13.1. The van der Waals surface area contributed by atoms with E-state index in [1.54, 1.807) is 12.1 Å². The summed E-state index contributed by atoms with van der Waals surface area (Å²) in [6.45, 7) is 0.263. The first-order valence-electron chi connectivity index (χ1n) is 9.33. The Hall–Kier alpha value is -2.28. The minimum Gasteiger partial charge on any atom is -0.460 e. The van der Waals surface area contributed by atoms with Crippen molar-refractivity contribution in [2.45, 2.75) is 32.9 Å². The third-order valence-corrected chi connectivity index (χ3v) is 7.39. The van der Waals surface area contributed by atoms with E-state index in [-0.39, 0.29) is 11.1 Å². The van der Waals surface area contributed by atoms with E-state index in [4.69, 9.17) is 39.5 Å². The summed E-state index contributed by atoms with van der Waals surface area (Å²) >= 11 is 17.9. The van der Waals surface area contributed by atoms with Crippen LogP contribution in [-0.4, -0.2) is 77.8 Å². The van der Waals surface area contributed by atoms with Crippen molar-refractivity contribution in [2.75, 3.05) is 13.2 Å². The van der Waals surface area contributed by atoms with Crippen molar-refractivity contribution in [1.29, 1.82) is 0 Å². The van der Waals surface area contributed by atoms with Gasteiger partial charge in [-0.2, -0.15) is 0 Å². The fourth-order valence-corrected chi connectivity index (χ4v) is 5.97. The second kappa shape index (κ2) is 8.19. The highest BCUT2D eigenvalue weighted by atomic mass is 35.6. The molecule has 11 nitrogen and oxygen atoms in total. The number of halogens is 3. The van der Waals surface area contributed by atoms with Crippen molar-refractivity contribution < 1.29 is 33.8 Å². The molecule has 176 valence electrons. The maximum Gasteiger partial charge on any atom is 0.330 e. The summed E-state index contributed by atoms with van der Waals surface area (Å²) in [4.78, 5) is 68.9. The van der Waals surface area contributed by atoms with Crippen LogP contribution in [0.15, 0.2) is 24.3 Å². The molecule has 0 spiro atoms. The van der Waals surface area contributed by atoms with Gasteiger partial charge in [-0.3, -0.25) is 19.3 Å². The number of ether oxygens (including phenoxy) is 1. The number of fused-ring (bicyclic) bond motifs is 2. The van der Waals surface area contributed by atoms with Gasteiger partial charge in [-0.15, -0.1) is 21.9 Å². The number of amides is 3. The van der Waals surface area contributed by atoms with Crippen LogP contribution in [-0.2, 0) is 19.2 Å². The zero-order valence-electron chi connectivity index (χ0n) is 16.6. The SMILES string of the molecule is CC1(CO[N+](=O)[O-])SC2C(N3C(=O)c4ccccc4C3=O)C(=O)N2C1C(=O)OCC(Cl)(Cl)Cl. The van der Waals surface area contributed by atoms with Crippen LogP contribution in [0, 0.1) is 10.1 Å². The molecule has 3 amide bonds. The molecule has 0 aliphatic carbocycles. The maximum absolute atomic E-state index is 13.1. The summed E-state index contributed by atoms with van der Waals surface area (Å²) < 4.78 is 1.76. The van der Waals surface area contributed by atoms with Gasteiger partial charge >= 0.3 is 5.97 Å². The summed E-state index contributed by atoms with van der Waals surface area (Å²) in [5, 5.41) is 8.90. The molecule has 0 aromatic heterocycles. The van der Waals surface area contributed by atoms with Crippen LogP contribution in [0.25, 0.3) is 0 Å². The first-order chi connectivity index (χ1) is 15.4. The van der Waals surface area contributed by atoms with Gasteiger partial charge in [0.25, 0.3) is 22.8 Å². The van der Waals surface area contributed by atoms with Crippen molar-refractivity contribution in [3.05, 3.63) is 45.5 Å². The molecule has 4 atom stereocenters. The lowest BCUT2D eigenvalue weighted by Gasteiger charge is -2.46. The second-order valence-corrected chi connectivity index (χ2v) is 11.8. The Balaban J connectivity index is 1.62. The molecule has 0 saturated carbocycles. The number of hydrogen-bond donors (Lipinski definition) is 0. The van der Waals surface area contributed by atoms with Crippen LogP contribution < -0.4 is 0 Å². The van der Waals surface area contributed by atoms with E-state index >= 15 is 0 Å². The Labute approximate surface area is 205 Å². The number of esters is 1. The van der Waals surface area contributed by atoms with E-state index in [1.807, 2.05) is 0 Å². The Bertz CT molecular complexity index is 1050. The lowest BCUT2D eigenvalue weighted by atomic mass is 9.94. The number of benzene rings is 1. The second-order valence-electron chi connectivity index (χ2n) is 7.66. The third-order valence-electron chi connectivity index (χ3n) is 5.46. The standard InChI is InChI=1S/C18H14Cl3N3O8S/c1-17(6-32-24(29)30)11(16(28)31-7-18(19,20)21)23-14(27)10(15(23)33-17)22-12(25)8-4-2-3-5-9(8)13(22)26/h2-5,10-11,15H,6-7H2,1H3. The van der Waals surface area contributed by atoms with Crippen LogP contribution in [0.3, 0.4) is 0 Å². The van der Waals surface area contributed by atoms with E-state index in [9.17, 15) is 29.3 Å². The fraction of sp³-hybridized carbons (Fsp3) is 0.444. The van der Waals surface area contributed by atoms with E-state index in [2.05, 4.69) is 4.84 Å². The molecular weight excluding hydrogens is 525 g/mol. The van der Waals surface area contributed by atoms with Crippen LogP contribution in [0.4, 0.5) is 0 Å². The van der Waals surface area contributed by atoms with E-state index in [1.165, 1.54) is 19.1 Å². The molecule has 4 rings (SSSR count). The fourth-order valence-electron chi connectivity index (χ4n) is 4.09. The average Bonchev–Trinajstić information content (AvgIpc) is 3.15. The number of β-lactam (4-membered cyclic amide) rings is 1. The molecule has 2 saturated heterocycles. The number of thioether (sulfide) groups is 1. The average molecular weight is 539 g/mol. The number of rotatable bonds is 6. The van der Waals surface area contributed by atoms with Crippen molar-refractivity contribution >= 4 is 70.3 Å². The Morgan fingerprint density at radius 3 is 2.30 bits per heavy atom. The Kier molecular flexibility index (Phi) is 5.92. The van der Waals surface area contributed by atoms with Gasteiger partial charge in [0.15, 0.2) is 0 Å². The molecule has 3 aliphatic heterocycles. The highest BCUT2D eigenvalue weighted by Gasteiger charge is 2.69. The molecule has 4 unspecified atom stereocenters. The predicted molar refractivity (Wildman–Crippen MR) is 115 cm³/mol. The number of nitrogens with zero attached hydrogens (tertiary/aromatic N) is 3. The molecule has 33 heavy (non-hydrogen) atoms. The summed E-state index contributed by atoms with van der Waals surface area (Å²) in [6, 6.07) is 3.58. The molecule has 0 radical (unpaired) electrons. The smallest absolute Gasteiger partial charge is 0.330 e. The van der Waals surface area contributed by atoms with Gasteiger partial charge in [0.05, 0.1) is 15.9 Å². The van der Waals surface area contributed by atoms with Crippen molar-refractivity contribution in [3.8, 4) is 0 Å².